The molecule has 0 saturated carbocycles. The molecule has 0 aliphatic heterocycles. The molecule has 0 heterocycles. The maximum Gasteiger partial charge on any atom is 1.00 e. The second-order valence-electron chi connectivity index (χ2n) is 5.24. The second-order valence-corrected chi connectivity index (χ2v) is 6.77. The summed E-state index contributed by atoms with van der Waals surface area (Å²) >= 11 is 0. The van der Waals surface area contributed by atoms with Crippen LogP contribution in [0.1, 0.15) is 52.9 Å². The van der Waals surface area contributed by atoms with Crippen molar-refractivity contribution >= 4 is 10.1 Å². The van der Waals surface area contributed by atoms with Gasteiger partial charge in [-0.05, 0) is 52.9 Å². The zero-order chi connectivity index (χ0) is 14.4. The van der Waals surface area contributed by atoms with Crippen LogP contribution in [-0.4, -0.2) is 34.2 Å². The quantitative estimate of drug-likeness (QED) is 0.324. The van der Waals surface area contributed by atoms with Crippen molar-refractivity contribution in [2.45, 2.75) is 63.9 Å². The summed E-state index contributed by atoms with van der Waals surface area (Å²) < 4.78 is 31.3. The van der Waals surface area contributed by atoms with Crippen LogP contribution in [0, 0.1) is 0 Å². The van der Waals surface area contributed by atoms with Crippen molar-refractivity contribution < 1.29 is 52.7 Å². The van der Waals surface area contributed by atoms with E-state index in [9.17, 15) is 18.1 Å². The SMILES string of the molecule is C/C(=C\CCC(O)S(=O)(=O)[O-])CCCC(C)(C)O.[Na+]. The van der Waals surface area contributed by atoms with Gasteiger partial charge in [-0.25, -0.2) is 8.42 Å². The van der Waals surface area contributed by atoms with Gasteiger partial charge in [0.25, 0.3) is 0 Å². The summed E-state index contributed by atoms with van der Waals surface area (Å²) in [4.78, 5) is 0. The maximum absolute atomic E-state index is 10.4. The van der Waals surface area contributed by atoms with Gasteiger partial charge in [-0.2, -0.15) is 0 Å². The van der Waals surface area contributed by atoms with E-state index in [2.05, 4.69) is 0 Å². The summed E-state index contributed by atoms with van der Waals surface area (Å²) in [5.74, 6) is 0. The predicted octanol–water partition coefficient (Wildman–Crippen LogP) is -1.48. The summed E-state index contributed by atoms with van der Waals surface area (Å²) in [6.45, 7) is 5.41. The molecule has 0 aromatic rings. The molecule has 0 radical (unpaired) electrons. The topological polar surface area (TPSA) is 97.7 Å². The fourth-order valence-electron chi connectivity index (χ4n) is 1.52. The number of hydrogen-bond donors (Lipinski definition) is 2. The third-order valence-corrected chi connectivity index (χ3v) is 3.50. The van der Waals surface area contributed by atoms with Crippen molar-refractivity contribution in [3.63, 3.8) is 0 Å². The molecular weight excluding hydrogens is 279 g/mol. The average Bonchev–Trinajstić information content (AvgIpc) is 2.13. The summed E-state index contributed by atoms with van der Waals surface area (Å²) in [5, 5.41) is 18.5. The predicted molar refractivity (Wildman–Crippen MR) is 68.8 cm³/mol. The maximum atomic E-state index is 10.4. The Bertz CT molecular complexity index is 370. The monoisotopic (exact) mass is 302 g/mol. The van der Waals surface area contributed by atoms with Crippen molar-refractivity contribution in [1.29, 1.82) is 0 Å². The molecule has 0 rings (SSSR count). The van der Waals surface area contributed by atoms with Crippen LogP contribution in [-0.2, 0) is 10.1 Å². The molecule has 0 saturated heterocycles. The molecule has 7 heteroatoms. The third kappa shape index (κ3) is 13.3. The Morgan fingerprint density at radius 1 is 1.42 bits per heavy atom. The van der Waals surface area contributed by atoms with Crippen LogP contribution in [0.3, 0.4) is 0 Å². The van der Waals surface area contributed by atoms with E-state index < -0.39 is 21.2 Å². The molecular formula is C12H23NaO5S. The van der Waals surface area contributed by atoms with Crippen molar-refractivity contribution in [3.05, 3.63) is 11.6 Å². The van der Waals surface area contributed by atoms with Gasteiger partial charge < -0.3 is 14.8 Å². The first-order chi connectivity index (χ1) is 8.02. The third-order valence-electron chi connectivity index (χ3n) is 2.60. The van der Waals surface area contributed by atoms with Crippen LogP contribution in [0.4, 0.5) is 0 Å². The molecule has 108 valence electrons. The molecule has 0 aliphatic carbocycles. The van der Waals surface area contributed by atoms with Crippen LogP contribution < -0.4 is 29.6 Å². The Kier molecular flexibility index (Phi) is 10.9. The van der Waals surface area contributed by atoms with E-state index in [1.54, 1.807) is 13.8 Å². The van der Waals surface area contributed by atoms with Gasteiger partial charge >= 0.3 is 29.6 Å². The van der Waals surface area contributed by atoms with E-state index in [-0.39, 0.29) is 36.0 Å². The molecule has 0 amide bonds. The number of allylic oxidation sites excluding steroid dienone is 2. The van der Waals surface area contributed by atoms with Crippen molar-refractivity contribution in [2.24, 2.45) is 0 Å². The fraction of sp³-hybridized carbons (Fsp3) is 0.833. The smallest absolute Gasteiger partial charge is 0.746 e. The van der Waals surface area contributed by atoms with Crippen molar-refractivity contribution in [2.75, 3.05) is 0 Å². The molecule has 0 aromatic carbocycles. The Labute approximate surface area is 138 Å². The van der Waals surface area contributed by atoms with Gasteiger partial charge in [0.2, 0.25) is 0 Å². The molecule has 0 fully saturated rings. The molecule has 2 N–H and O–H groups in total. The van der Waals surface area contributed by atoms with Gasteiger partial charge in [0, 0.05) is 0 Å². The molecule has 0 bridgehead atoms. The normalized spacial score (nSPS) is 14.9. The molecule has 1 atom stereocenters. The largest absolute Gasteiger partial charge is 1.00 e. The minimum Gasteiger partial charge on any atom is -0.746 e. The van der Waals surface area contributed by atoms with Crippen LogP contribution in [0.2, 0.25) is 0 Å². The summed E-state index contributed by atoms with van der Waals surface area (Å²) in [6, 6.07) is 0. The Balaban J connectivity index is 0. The molecule has 0 aliphatic rings. The van der Waals surface area contributed by atoms with Crippen molar-refractivity contribution in [1.82, 2.24) is 0 Å². The van der Waals surface area contributed by atoms with Crippen LogP contribution in [0.15, 0.2) is 11.6 Å². The first kappa shape index (κ1) is 21.9. The summed E-state index contributed by atoms with van der Waals surface area (Å²) in [6.07, 6.45) is 4.44. The van der Waals surface area contributed by atoms with E-state index >= 15 is 0 Å². The van der Waals surface area contributed by atoms with Gasteiger partial charge in [-0.3, -0.25) is 0 Å². The number of aliphatic hydroxyl groups is 2. The van der Waals surface area contributed by atoms with E-state index in [1.165, 1.54) is 0 Å². The van der Waals surface area contributed by atoms with Crippen LogP contribution in [0.5, 0.6) is 0 Å². The van der Waals surface area contributed by atoms with E-state index in [0.717, 1.165) is 18.4 Å². The van der Waals surface area contributed by atoms with Gasteiger partial charge in [-0.1, -0.05) is 11.6 Å². The van der Waals surface area contributed by atoms with E-state index in [4.69, 9.17) is 5.11 Å². The number of aliphatic hydroxyl groups excluding tert-OH is 1. The summed E-state index contributed by atoms with van der Waals surface area (Å²) in [7, 11) is -4.59. The van der Waals surface area contributed by atoms with Gasteiger partial charge in [0.15, 0.2) is 0 Å². The molecule has 0 spiro atoms. The Hall–Kier alpha value is 0.570. The minimum atomic E-state index is -4.59. The molecule has 0 aromatic heterocycles. The number of hydrogen-bond acceptors (Lipinski definition) is 5. The zero-order valence-corrected chi connectivity index (χ0v) is 15.0. The van der Waals surface area contributed by atoms with Gasteiger partial charge in [0.1, 0.15) is 15.6 Å². The minimum absolute atomic E-state index is 0. The van der Waals surface area contributed by atoms with Crippen LogP contribution >= 0.6 is 0 Å². The second kappa shape index (κ2) is 9.50. The van der Waals surface area contributed by atoms with E-state index in [0.29, 0.717) is 12.8 Å². The fourth-order valence-corrected chi connectivity index (χ4v) is 1.94. The van der Waals surface area contributed by atoms with E-state index in [1.807, 2.05) is 13.0 Å². The van der Waals surface area contributed by atoms with Gasteiger partial charge in [-0.15, -0.1) is 0 Å². The first-order valence-corrected chi connectivity index (χ1v) is 7.50. The van der Waals surface area contributed by atoms with Gasteiger partial charge in [0.05, 0.1) is 5.60 Å². The van der Waals surface area contributed by atoms with Crippen molar-refractivity contribution in [3.8, 4) is 0 Å². The first-order valence-electron chi connectivity index (χ1n) is 6.03. The Morgan fingerprint density at radius 3 is 2.37 bits per heavy atom. The summed E-state index contributed by atoms with van der Waals surface area (Å²) in [5.41, 5.74) is -1.43. The Morgan fingerprint density at radius 2 is 1.95 bits per heavy atom. The number of rotatable bonds is 8. The molecule has 1 unspecified atom stereocenters. The zero-order valence-electron chi connectivity index (χ0n) is 12.2. The standard InChI is InChI=1S/C12H24O5S.Na/c1-10(7-5-9-12(2,3)14)6-4-8-11(13)18(15,16)17;/h6,11,13-14H,4-5,7-9H2,1-3H3,(H,15,16,17);/q;+1/p-1/b10-6+;. The van der Waals surface area contributed by atoms with Crippen LogP contribution in [0.25, 0.3) is 0 Å². The molecule has 5 nitrogen and oxygen atoms in total. The molecule has 19 heavy (non-hydrogen) atoms. The average molecular weight is 302 g/mol.